The van der Waals surface area contributed by atoms with E-state index in [9.17, 15) is 13.6 Å². The number of methoxy groups -OCH3 is 1. The number of benzene rings is 2. The van der Waals surface area contributed by atoms with Gasteiger partial charge in [0, 0.05) is 7.11 Å². The summed E-state index contributed by atoms with van der Waals surface area (Å²) in [5, 5.41) is 2.62. The molecule has 1 aliphatic heterocycles. The molecule has 0 spiro atoms. The van der Waals surface area contributed by atoms with Crippen molar-refractivity contribution < 1.29 is 18.3 Å². The van der Waals surface area contributed by atoms with Gasteiger partial charge in [0.2, 0.25) is 5.60 Å². The molecule has 2 aromatic rings. The summed E-state index contributed by atoms with van der Waals surface area (Å²) in [7, 11) is 1.33. The molecule has 108 valence electrons. The number of aryl methyl sites for hydroxylation is 1. The maximum Gasteiger partial charge on any atom is 0.266 e. The second-order valence-corrected chi connectivity index (χ2v) is 4.97. The Morgan fingerprint density at radius 1 is 1.10 bits per heavy atom. The van der Waals surface area contributed by atoms with Crippen molar-refractivity contribution in [2.75, 3.05) is 12.4 Å². The zero-order chi connectivity index (χ0) is 15.2. The summed E-state index contributed by atoms with van der Waals surface area (Å²) in [4.78, 5) is 12.4. The number of halogens is 2. The van der Waals surface area contributed by atoms with Gasteiger partial charge >= 0.3 is 0 Å². The minimum absolute atomic E-state index is 0.140. The van der Waals surface area contributed by atoms with Crippen molar-refractivity contribution in [2.45, 2.75) is 12.5 Å². The molecular weight excluding hydrogens is 276 g/mol. The van der Waals surface area contributed by atoms with Gasteiger partial charge in [0.15, 0.2) is 0 Å². The van der Waals surface area contributed by atoms with Crippen molar-refractivity contribution in [3.8, 4) is 0 Å². The molecule has 0 radical (unpaired) electrons. The Bertz CT molecular complexity index is 728. The van der Waals surface area contributed by atoms with Crippen LogP contribution in [0.25, 0.3) is 0 Å². The Labute approximate surface area is 120 Å². The molecule has 3 nitrogen and oxygen atoms in total. The molecule has 0 aliphatic carbocycles. The molecular formula is C16H13F2NO2. The molecule has 0 bridgehead atoms. The smallest absolute Gasteiger partial charge is 0.266 e. The summed E-state index contributed by atoms with van der Waals surface area (Å²) in [5.41, 5.74) is -0.295. The van der Waals surface area contributed by atoms with Crippen molar-refractivity contribution >= 4 is 11.6 Å². The van der Waals surface area contributed by atoms with Gasteiger partial charge in [-0.2, -0.15) is 0 Å². The van der Waals surface area contributed by atoms with Crippen LogP contribution in [0.5, 0.6) is 0 Å². The number of amides is 1. The van der Waals surface area contributed by atoms with Gasteiger partial charge in [0.1, 0.15) is 11.6 Å². The van der Waals surface area contributed by atoms with Gasteiger partial charge < -0.3 is 10.1 Å². The third kappa shape index (κ3) is 1.77. The fourth-order valence-corrected chi connectivity index (χ4v) is 2.73. The van der Waals surface area contributed by atoms with Gasteiger partial charge in [-0.1, -0.05) is 18.2 Å². The van der Waals surface area contributed by atoms with Crippen molar-refractivity contribution in [1.82, 2.24) is 0 Å². The van der Waals surface area contributed by atoms with E-state index in [1.807, 2.05) is 0 Å². The quantitative estimate of drug-likeness (QED) is 0.922. The normalized spacial score (nSPS) is 20.3. The van der Waals surface area contributed by atoms with E-state index in [2.05, 4.69) is 5.32 Å². The number of rotatable bonds is 2. The second-order valence-electron chi connectivity index (χ2n) is 4.97. The standard InChI is InChI=1S/C16H13F2NO2/c1-9-3-8-12-13(14(9)18)16(21-2,15(20)19-12)10-4-6-11(17)7-5-10/h3-8H,1-2H3,(H,19,20). The molecule has 5 heteroatoms. The summed E-state index contributed by atoms with van der Waals surface area (Å²) < 4.78 is 33.1. The average Bonchev–Trinajstić information content (AvgIpc) is 2.77. The van der Waals surface area contributed by atoms with Crippen LogP contribution in [0.4, 0.5) is 14.5 Å². The minimum atomic E-state index is -1.60. The lowest BCUT2D eigenvalue weighted by Crippen LogP contribution is -2.38. The van der Waals surface area contributed by atoms with Gasteiger partial charge in [-0.3, -0.25) is 4.79 Å². The zero-order valence-corrected chi connectivity index (χ0v) is 11.5. The number of fused-ring (bicyclic) bond motifs is 1. The molecule has 0 saturated heterocycles. The van der Waals surface area contributed by atoms with Crippen molar-refractivity contribution in [2.24, 2.45) is 0 Å². The van der Waals surface area contributed by atoms with Crippen molar-refractivity contribution in [3.05, 3.63) is 64.7 Å². The van der Waals surface area contributed by atoms with E-state index in [0.717, 1.165) is 0 Å². The first-order valence-electron chi connectivity index (χ1n) is 6.43. The number of carbonyl (C=O) groups is 1. The first kappa shape index (κ1) is 13.7. The van der Waals surface area contributed by atoms with Crippen LogP contribution in [-0.4, -0.2) is 13.0 Å². The Morgan fingerprint density at radius 3 is 2.38 bits per heavy atom. The SMILES string of the molecule is COC1(c2ccc(F)cc2)C(=O)Nc2ccc(C)c(F)c21. The molecule has 0 aromatic heterocycles. The molecule has 3 rings (SSSR count). The topological polar surface area (TPSA) is 38.3 Å². The lowest BCUT2D eigenvalue weighted by molar-refractivity contribution is -0.132. The van der Waals surface area contributed by atoms with E-state index >= 15 is 0 Å². The van der Waals surface area contributed by atoms with Gasteiger partial charge in [0.25, 0.3) is 5.91 Å². The van der Waals surface area contributed by atoms with Gasteiger partial charge in [-0.25, -0.2) is 8.78 Å². The third-order valence-electron chi connectivity index (χ3n) is 3.81. The van der Waals surface area contributed by atoms with E-state index in [0.29, 0.717) is 16.8 Å². The van der Waals surface area contributed by atoms with Crippen LogP contribution in [0.3, 0.4) is 0 Å². The minimum Gasteiger partial charge on any atom is -0.359 e. The predicted octanol–water partition coefficient (Wildman–Crippen LogP) is 3.12. The number of hydrogen-bond donors (Lipinski definition) is 1. The second kappa shape index (κ2) is 4.63. The first-order valence-corrected chi connectivity index (χ1v) is 6.43. The molecule has 1 amide bonds. The average molecular weight is 289 g/mol. The Hall–Kier alpha value is -2.27. The fourth-order valence-electron chi connectivity index (χ4n) is 2.73. The lowest BCUT2D eigenvalue weighted by Gasteiger charge is -2.27. The summed E-state index contributed by atoms with van der Waals surface area (Å²) in [6.45, 7) is 1.61. The highest BCUT2D eigenvalue weighted by atomic mass is 19.1. The van der Waals surface area contributed by atoms with E-state index in [-0.39, 0.29) is 5.56 Å². The molecule has 2 aromatic carbocycles. The molecule has 21 heavy (non-hydrogen) atoms. The summed E-state index contributed by atoms with van der Waals surface area (Å²) in [5.74, 6) is -1.43. The van der Waals surface area contributed by atoms with Gasteiger partial charge in [-0.05, 0) is 36.2 Å². The van der Waals surface area contributed by atoms with E-state index < -0.39 is 23.1 Å². The van der Waals surface area contributed by atoms with E-state index in [1.54, 1.807) is 19.1 Å². The predicted molar refractivity (Wildman–Crippen MR) is 74.0 cm³/mol. The number of hydrogen-bond acceptors (Lipinski definition) is 2. The van der Waals surface area contributed by atoms with Crippen molar-refractivity contribution in [1.29, 1.82) is 0 Å². The number of nitrogens with one attached hydrogen (secondary N) is 1. The van der Waals surface area contributed by atoms with Crippen LogP contribution >= 0.6 is 0 Å². The van der Waals surface area contributed by atoms with Crippen LogP contribution in [0.2, 0.25) is 0 Å². The third-order valence-corrected chi connectivity index (χ3v) is 3.81. The monoisotopic (exact) mass is 289 g/mol. The molecule has 0 saturated carbocycles. The summed E-state index contributed by atoms with van der Waals surface area (Å²) >= 11 is 0. The fraction of sp³-hybridized carbons (Fsp3) is 0.188. The van der Waals surface area contributed by atoms with Crippen LogP contribution < -0.4 is 5.32 Å². The van der Waals surface area contributed by atoms with E-state index in [1.165, 1.54) is 31.4 Å². The van der Waals surface area contributed by atoms with Crippen LogP contribution in [0.1, 0.15) is 16.7 Å². The molecule has 1 unspecified atom stereocenters. The Balaban J connectivity index is 2.31. The van der Waals surface area contributed by atoms with Gasteiger partial charge in [0.05, 0.1) is 11.3 Å². The number of anilines is 1. The van der Waals surface area contributed by atoms with E-state index in [4.69, 9.17) is 4.74 Å². The largest absolute Gasteiger partial charge is 0.359 e. The first-order chi connectivity index (χ1) is 10.0. The molecule has 1 N–H and O–H groups in total. The number of carbonyl (C=O) groups excluding carboxylic acids is 1. The summed E-state index contributed by atoms with van der Waals surface area (Å²) in [6.07, 6.45) is 0. The van der Waals surface area contributed by atoms with Crippen LogP contribution in [0.15, 0.2) is 36.4 Å². The Kier molecular flexibility index (Phi) is 3.02. The Morgan fingerprint density at radius 2 is 1.76 bits per heavy atom. The molecule has 1 atom stereocenters. The lowest BCUT2D eigenvalue weighted by atomic mass is 9.86. The maximum absolute atomic E-state index is 14.6. The highest BCUT2D eigenvalue weighted by Gasteiger charge is 2.51. The van der Waals surface area contributed by atoms with Crippen LogP contribution in [-0.2, 0) is 15.1 Å². The maximum atomic E-state index is 14.6. The van der Waals surface area contributed by atoms with Crippen molar-refractivity contribution in [3.63, 3.8) is 0 Å². The summed E-state index contributed by atoms with van der Waals surface area (Å²) in [6, 6.07) is 8.51. The zero-order valence-electron chi connectivity index (χ0n) is 11.5. The number of ether oxygens (including phenoxy) is 1. The molecule has 0 fully saturated rings. The molecule has 1 heterocycles. The van der Waals surface area contributed by atoms with Gasteiger partial charge in [-0.15, -0.1) is 0 Å². The highest BCUT2D eigenvalue weighted by Crippen LogP contribution is 2.45. The highest BCUT2D eigenvalue weighted by molar-refractivity contribution is 6.07. The molecule has 1 aliphatic rings. The van der Waals surface area contributed by atoms with Crippen LogP contribution in [0, 0.1) is 18.6 Å².